The lowest BCUT2D eigenvalue weighted by Crippen LogP contribution is -2.23. The van der Waals surface area contributed by atoms with Crippen molar-refractivity contribution in [2.45, 2.75) is 38.8 Å². The molecule has 9 heteroatoms. The third-order valence-electron chi connectivity index (χ3n) is 4.77. The molecule has 0 aliphatic heterocycles. The minimum Gasteiger partial charge on any atom is -0.493 e. The highest BCUT2D eigenvalue weighted by Crippen LogP contribution is 2.40. The summed E-state index contributed by atoms with van der Waals surface area (Å²) in [5.41, 5.74) is 2.91. The van der Waals surface area contributed by atoms with Gasteiger partial charge in [-0.15, -0.1) is 0 Å². The number of halogens is 2. The number of aryl methyl sites for hydroxylation is 1. The van der Waals surface area contributed by atoms with Crippen molar-refractivity contribution in [3.8, 4) is 11.5 Å². The van der Waals surface area contributed by atoms with Gasteiger partial charge < -0.3 is 19.3 Å². The molecule has 0 bridgehead atoms. The fourth-order valence-corrected chi connectivity index (χ4v) is 3.17. The number of alkyl halides is 2. The van der Waals surface area contributed by atoms with E-state index in [0.717, 1.165) is 18.5 Å². The maximum Gasteiger partial charge on any atom is 0.387 e. The van der Waals surface area contributed by atoms with Crippen LogP contribution in [0.25, 0.3) is 11.1 Å². The quantitative estimate of drug-likeness (QED) is 0.643. The van der Waals surface area contributed by atoms with E-state index in [0.29, 0.717) is 33.8 Å². The number of nitrogens with one attached hydrogen (secondary N) is 1. The van der Waals surface area contributed by atoms with Gasteiger partial charge in [0.15, 0.2) is 11.5 Å². The number of aromatic nitrogens is 2. The number of rotatable bonds is 7. The van der Waals surface area contributed by atoms with E-state index in [2.05, 4.69) is 20.2 Å². The lowest BCUT2D eigenvalue weighted by atomic mass is 10.1. The fraction of sp³-hybridized carbons (Fsp3) is 0.350. The number of carbonyl (C=O) groups excluding carboxylic acids is 1. The van der Waals surface area contributed by atoms with Gasteiger partial charge in [-0.2, -0.15) is 8.78 Å². The van der Waals surface area contributed by atoms with Crippen LogP contribution in [0.15, 0.2) is 28.8 Å². The number of hydrogen-bond donors (Lipinski definition) is 1. The Morgan fingerprint density at radius 2 is 2.10 bits per heavy atom. The molecular formula is C20H19F2N3O4. The zero-order valence-corrected chi connectivity index (χ0v) is 15.9. The molecule has 4 rings (SSSR count). The van der Waals surface area contributed by atoms with E-state index < -0.39 is 6.61 Å². The predicted molar refractivity (Wildman–Crippen MR) is 99.3 cm³/mol. The van der Waals surface area contributed by atoms with Crippen molar-refractivity contribution in [2.75, 3.05) is 7.11 Å². The minimum atomic E-state index is -2.95. The highest BCUT2D eigenvalue weighted by atomic mass is 19.3. The van der Waals surface area contributed by atoms with Crippen LogP contribution in [0.1, 0.15) is 46.1 Å². The van der Waals surface area contributed by atoms with Crippen LogP contribution >= 0.6 is 0 Å². The number of nitrogens with zero attached hydrogens (tertiary/aromatic N) is 2. The molecule has 1 amide bonds. The van der Waals surface area contributed by atoms with E-state index in [4.69, 9.17) is 9.26 Å². The zero-order chi connectivity index (χ0) is 20.5. The molecule has 2 heterocycles. The largest absolute Gasteiger partial charge is 0.493 e. The number of fused-ring (bicyclic) bond motifs is 1. The first kappa shape index (κ1) is 19.1. The van der Waals surface area contributed by atoms with Gasteiger partial charge in [0.1, 0.15) is 0 Å². The van der Waals surface area contributed by atoms with Crippen molar-refractivity contribution in [1.29, 1.82) is 0 Å². The molecule has 3 aromatic rings. The van der Waals surface area contributed by atoms with Crippen LogP contribution in [0, 0.1) is 6.92 Å². The monoisotopic (exact) mass is 403 g/mol. The van der Waals surface area contributed by atoms with Gasteiger partial charge in [-0.25, -0.2) is 4.98 Å². The summed E-state index contributed by atoms with van der Waals surface area (Å²) in [5.74, 6) is 0.150. The molecule has 1 saturated carbocycles. The molecule has 1 N–H and O–H groups in total. The van der Waals surface area contributed by atoms with Gasteiger partial charge in [0.2, 0.25) is 0 Å². The lowest BCUT2D eigenvalue weighted by molar-refractivity contribution is -0.0512. The van der Waals surface area contributed by atoms with Gasteiger partial charge in [-0.1, -0.05) is 11.2 Å². The molecule has 7 nitrogen and oxygen atoms in total. The van der Waals surface area contributed by atoms with Crippen LogP contribution in [0.5, 0.6) is 11.5 Å². The molecule has 1 aromatic carbocycles. The molecule has 29 heavy (non-hydrogen) atoms. The van der Waals surface area contributed by atoms with E-state index in [9.17, 15) is 13.6 Å². The van der Waals surface area contributed by atoms with Gasteiger partial charge in [0.25, 0.3) is 11.6 Å². The van der Waals surface area contributed by atoms with E-state index in [1.54, 1.807) is 25.1 Å². The fourth-order valence-electron chi connectivity index (χ4n) is 3.17. The minimum absolute atomic E-state index is 0.0670. The second kappa shape index (κ2) is 7.65. The van der Waals surface area contributed by atoms with Crippen LogP contribution in [0.3, 0.4) is 0 Å². The average molecular weight is 403 g/mol. The number of hydrogen-bond acceptors (Lipinski definition) is 6. The van der Waals surface area contributed by atoms with Crippen molar-refractivity contribution in [3.05, 3.63) is 46.8 Å². The van der Waals surface area contributed by atoms with E-state index in [1.807, 2.05) is 0 Å². The Labute approximate surface area is 165 Å². The second-order valence-electron chi connectivity index (χ2n) is 6.86. The van der Waals surface area contributed by atoms with Crippen molar-refractivity contribution in [3.63, 3.8) is 0 Å². The first-order valence-electron chi connectivity index (χ1n) is 9.13. The van der Waals surface area contributed by atoms with Crippen molar-refractivity contribution < 1.29 is 27.6 Å². The summed E-state index contributed by atoms with van der Waals surface area (Å²) >= 11 is 0. The number of ether oxygens (including phenoxy) is 2. The molecule has 0 spiro atoms. The Balaban J connectivity index is 1.55. The lowest BCUT2D eigenvalue weighted by Gasteiger charge is -2.12. The van der Waals surface area contributed by atoms with Gasteiger partial charge in [-0.3, -0.25) is 4.79 Å². The standard InChI is InChI=1S/C20H19F2N3O4/c1-10-17-13(8-14(12-4-5-12)24-19(17)29-25-10)18(26)23-9-11-3-6-15(28-20(21)22)16(7-11)27-2/h3,6-8,12,20H,4-5,9H2,1-2H3,(H,23,26). The molecule has 1 aliphatic carbocycles. The first-order chi connectivity index (χ1) is 14.0. The van der Waals surface area contributed by atoms with Crippen LogP contribution < -0.4 is 14.8 Å². The van der Waals surface area contributed by atoms with Crippen LogP contribution in [-0.4, -0.2) is 29.8 Å². The summed E-state index contributed by atoms with van der Waals surface area (Å²) in [5, 5.41) is 7.35. The molecule has 1 aliphatic rings. The number of amides is 1. The second-order valence-corrected chi connectivity index (χ2v) is 6.86. The number of benzene rings is 1. The van der Waals surface area contributed by atoms with Crippen LogP contribution in [-0.2, 0) is 6.54 Å². The van der Waals surface area contributed by atoms with E-state index >= 15 is 0 Å². The first-order valence-corrected chi connectivity index (χ1v) is 9.13. The average Bonchev–Trinajstić information content (AvgIpc) is 3.49. The van der Waals surface area contributed by atoms with Gasteiger partial charge in [-0.05, 0) is 43.5 Å². The topological polar surface area (TPSA) is 86.5 Å². The number of pyridine rings is 1. The molecule has 0 unspecified atom stereocenters. The maximum absolute atomic E-state index is 12.9. The normalized spacial score (nSPS) is 13.7. The molecule has 0 atom stereocenters. The third-order valence-corrected chi connectivity index (χ3v) is 4.77. The Morgan fingerprint density at radius 1 is 1.31 bits per heavy atom. The van der Waals surface area contributed by atoms with Gasteiger partial charge >= 0.3 is 6.61 Å². The summed E-state index contributed by atoms with van der Waals surface area (Å²) in [6.07, 6.45) is 2.08. The van der Waals surface area contributed by atoms with Crippen molar-refractivity contribution in [1.82, 2.24) is 15.5 Å². The zero-order valence-electron chi connectivity index (χ0n) is 15.9. The molecule has 0 saturated heterocycles. The molecule has 0 radical (unpaired) electrons. The van der Waals surface area contributed by atoms with Crippen molar-refractivity contribution >= 4 is 17.0 Å². The highest BCUT2D eigenvalue weighted by molar-refractivity contribution is 6.06. The molecule has 1 fully saturated rings. The predicted octanol–water partition coefficient (Wildman–Crippen LogP) is 3.95. The van der Waals surface area contributed by atoms with Crippen LogP contribution in [0.4, 0.5) is 8.78 Å². The Bertz CT molecular complexity index is 1060. The Kier molecular flexibility index (Phi) is 5.04. The number of carbonyl (C=O) groups is 1. The summed E-state index contributed by atoms with van der Waals surface area (Å²) in [6, 6.07) is 6.30. The SMILES string of the molecule is COc1cc(CNC(=O)c2cc(C3CC3)nc3onc(C)c23)ccc1OC(F)F. The van der Waals surface area contributed by atoms with Gasteiger partial charge in [0.05, 0.1) is 23.8 Å². The molecule has 152 valence electrons. The third kappa shape index (κ3) is 3.98. The molecular weight excluding hydrogens is 384 g/mol. The summed E-state index contributed by atoms with van der Waals surface area (Å²) < 4.78 is 39.7. The smallest absolute Gasteiger partial charge is 0.387 e. The summed E-state index contributed by atoms with van der Waals surface area (Å²) in [7, 11) is 1.36. The summed E-state index contributed by atoms with van der Waals surface area (Å²) in [6.45, 7) is -1.01. The Hall–Kier alpha value is -3.23. The Morgan fingerprint density at radius 3 is 2.79 bits per heavy atom. The number of methoxy groups -OCH3 is 1. The van der Waals surface area contributed by atoms with E-state index in [1.165, 1.54) is 13.2 Å². The van der Waals surface area contributed by atoms with Gasteiger partial charge in [0, 0.05) is 18.2 Å². The highest BCUT2D eigenvalue weighted by Gasteiger charge is 2.28. The van der Waals surface area contributed by atoms with Crippen LogP contribution in [0.2, 0.25) is 0 Å². The summed E-state index contributed by atoms with van der Waals surface area (Å²) in [4.78, 5) is 17.4. The van der Waals surface area contributed by atoms with Crippen molar-refractivity contribution in [2.24, 2.45) is 0 Å². The molecule has 2 aromatic heterocycles. The maximum atomic E-state index is 12.9. The van der Waals surface area contributed by atoms with E-state index in [-0.39, 0.29) is 24.0 Å².